The minimum absolute atomic E-state index is 0.0558. The van der Waals surface area contributed by atoms with E-state index in [9.17, 15) is 9.59 Å². The highest BCUT2D eigenvalue weighted by atomic mass is 16.6. The van der Waals surface area contributed by atoms with Crippen molar-refractivity contribution in [3.63, 3.8) is 0 Å². The van der Waals surface area contributed by atoms with Crippen molar-refractivity contribution in [2.75, 3.05) is 19.6 Å². The maximum Gasteiger partial charge on any atom is 0.311 e. The SMILES string of the molecule is CC1=C2[C@H]3OC(=O)[C@H](CN4CCCC(C)(C)C4)[C@@H]3CC[C@@]2(C)C=CC1=O. The van der Waals surface area contributed by atoms with E-state index in [-0.39, 0.29) is 35.1 Å². The van der Waals surface area contributed by atoms with Crippen molar-refractivity contribution >= 4 is 11.8 Å². The van der Waals surface area contributed by atoms with Gasteiger partial charge in [0.1, 0.15) is 6.10 Å². The van der Waals surface area contributed by atoms with Gasteiger partial charge in [0.25, 0.3) is 0 Å². The molecule has 2 aliphatic heterocycles. The van der Waals surface area contributed by atoms with Crippen LogP contribution in [0.15, 0.2) is 23.3 Å². The molecule has 0 radical (unpaired) electrons. The molecule has 2 aliphatic carbocycles. The second kappa shape index (κ2) is 6.05. The van der Waals surface area contributed by atoms with E-state index < -0.39 is 0 Å². The van der Waals surface area contributed by atoms with E-state index in [1.165, 1.54) is 12.8 Å². The highest BCUT2D eigenvalue weighted by Gasteiger charge is 2.54. The molecule has 4 rings (SSSR count). The van der Waals surface area contributed by atoms with Crippen molar-refractivity contribution in [2.45, 2.75) is 59.5 Å². The zero-order valence-corrected chi connectivity index (χ0v) is 16.5. The standard InChI is InChI=1S/C22H31NO3/c1-14-17(24)7-10-22(4)9-6-15-16(20(25)26-19(15)18(14)22)12-23-11-5-8-21(2,3)13-23/h7,10,15-16,19H,5-6,8-9,11-13H2,1-4H3/t15-,16+,19-,22-/m0/s1. The molecule has 0 aromatic heterocycles. The number of likely N-dealkylation sites (tertiary alicyclic amines) is 1. The van der Waals surface area contributed by atoms with Gasteiger partial charge in [0.15, 0.2) is 5.78 Å². The molecular formula is C22H31NO3. The number of piperidine rings is 1. The summed E-state index contributed by atoms with van der Waals surface area (Å²) in [7, 11) is 0. The van der Waals surface area contributed by atoms with Crippen molar-refractivity contribution in [1.82, 2.24) is 4.90 Å². The Bertz CT molecular complexity index is 704. The molecule has 4 aliphatic rings. The highest BCUT2D eigenvalue weighted by molar-refractivity contribution is 6.05. The number of nitrogens with zero attached hydrogens (tertiary/aromatic N) is 1. The predicted octanol–water partition coefficient (Wildman–Crippen LogP) is 3.52. The van der Waals surface area contributed by atoms with Crippen molar-refractivity contribution in [3.05, 3.63) is 23.3 Å². The lowest BCUT2D eigenvalue weighted by molar-refractivity contribution is -0.144. The molecule has 2 heterocycles. The number of allylic oxidation sites excluding steroid dienone is 3. The number of fused-ring (bicyclic) bond motifs is 3. The quantitative estimate of drug-likeness (QED) is 0.710. The number of carbonyl (C=O) groups excluding carboxylic acids is 2. The van der Waals surface area contributed by atoms with Gasteiger partial charge in [-0.3, -0.25) is 9.59 Å². The van der Waals surface area contributed by atoms with Crippen LogP contribution in [-0.4, -0.2) is 42.4 Å². The minimum atomic E-state index is -0.210. The molecule has 2 saturated heterocycles. The molecule has 0 aromatic rings. The summed E-state index contributed by atoms with van der Waals surface area (Å²) >= 11 is 0. The lowest BCUT2D eigenvalue weighted by Crippen LogP contribution is -2.45. The van der Waals surface area contributed by atoms with Gasteiger partial charge in [-0.15, -0.1) is 0 Å². The molecule has 142 valence electrons. The van der Waals surface area contributed by atoms with Gasteiger partial charge < -0.3 is 9.64 Å². The van der Waals surface area contributed by atoms with Gasteiger partial charge >= 0.3 is 5.97 Å². The van der Waals surface area contributed by atoms with Crippen LogP contribution >= 0.6 is 0 Å². The molecule has 0 bridgehead atoms. The molecular weight excluding hydrogens is 326 g/mol. The van der Waals surface area contributed by atoms with E-state index in [1.54, 1.807) is 6.08 Å². The van der Waals surface area contributed by atoms with Gasteiger partial charge in [0, 0.05) is 30.0 Å². The zero-order valence-electron chi connectivity index (χ0n) is 16.5. The number of hydrogen-bond acceptors (Lipinski definition) is 4. The Hall–Kier alpha value is -1.42. The average molecular weight is 357 g/mol. The van der Waals surface area contributed by atoms with Crippen molar-refractivity contribution in [1.29, 1.82) is 0 Å². The van der Waals surface area contributed by atoms with Gasteiger partial charge in [-0.2, -0.15) is 0 Å². The number of esters is 1. The number of hydrogen-bond donors (Lipinski definition) is 0. The fraction of sp³-hybridized carbons (Fsp3) is 0.727. The molecule has 0 amide bonds. The predicted molar refractivity (Wildman–Crippen MR) is 101 cm³/mol. The van der Waals surface area contributed by atoms with E-state index in [0.717, 1.165) is 43.6 Å². The van der Waals surface area contributed by atoms with Crippen molar-refractivity contribution < 1.29 is 14.3 Å². The van der Waals surface area contributed by atoms with Gasteiger partial charge in [-0.25, -0.2) is 0 Å². The summed E-state index contributed by atoms with van der Waals surface area (Å²) in [6.07, 6.45) is 7.95. The van der Waals surface area contributed by atoms with E-state index >= 15 is 0 Å². The first kappa shape index (κ1) is 18.0. The fourth-order valence-corrected chi connectivity index (χ4v) is 5.76. The van der Waals surface area contributed by atoms with E-state index in [4.69, 9.17) is 4.74 Å². The Kier molecular flexibility index (Phi) is 4.18. The summed E-state index contributed by atoms with van der Waals surface area (Å²) in [5, 5.41) is 0. The maximum absolute atomic E-state index is 12.8. The summed E-state index contributed by atoms with van der Waals surface area (Å²) in [4.78, 5) is 27.5. The summed E-state index contributed by atoms with van der Waals surface area (Å²) in [6.45, 7) is 11.6. The first-order chi connectivity index (χ1) is 12.2. The third-order valence-electron chi connectivity index (χ3n) is 7.16. The lowest BCUT2D eigenvalue weighted by atomic mass is 9.61. The first-order valence-electron chi connectivity index (χ1n) is 10.1. The van der Waals surface area contributed by atoms with Crippen molar-refractivity contribution in [3.8, 4) is 0 Å². The number of rotatable bonds is 2. The number of ketones is 1. The Labute approximate surface area is 156 Å². The lowest BCUT2D eigenvalue weighted by Gasteiger charge is -2.44. The maximum atomic E-state index is 12.8. The summed E-state index contributed by atoms with van der Waals surface area (Å²) in [5.74, 6) is 0.162. The Balaban J connectivity index is 1.57. The molecule has 26 heavy (non-hydrogen) atoms. The van der Waals surface area contributed by atoms with Crippen LogP contribution in [0.3, 0.4) is 0 Å². The molecule has 3 fully saturated rings. The molecule has 0 N–H and O–H groups in total. The Morgan fingerprint density at radius 3 is 2.73 bits per heavy atom. The van der Waals surface area contributed by atoms with Gasteiger partial charge in [0.05, 0.1) is 5.92 Å². The Morgan fingerprint density at radius 2 is 2.00 bits per heavy atom. The topological polar surface area (TPSA) is 46.6 Å². The second-order valence-electron chi connectivity index (χ2n) is 9.82. The molecule has 0 spiro atoms. The van der Waals surface area contributed by atoms with E-state index in [1.807, 2.05) is 13.0 Å². The largest absolute Gasteiger partial charge is 0.457 e. The molecule has 1 saturated carbocycles. The first-order valence-corrected chi connectivity index (χ1v) is 10.1. The molecule has 0 aromatic carbocycles. The van der Waals surface area contributed by atoms with Crippen LogP contribution in [0.4, 0.5) is 0 Å². The fourth-order valence-electron chi connectivity index (χ4n) is 5.76. The van der Waals surface area contributed by atoms with Gasteiger partial charge in [-0.05, 0) is 56.2 Å². The summed E-state index contributed by atoms with van der Waals surface area (Å²) in [5.41, 5.74) is 2.04. The summed E-state index contributed by atoms with van der Waals surface area (Å²) < 4.78 is 5.92. The normalized spacial score (nSPS) is 39.6. The molecule has 0 unspecified atom stereocenters. The van der Waals surface area contributed by atoms with E-state index in [2.05, 4.69) is 25.7 Å². The van der Waals surface area contributed by atoms with Crippen LogP contribution in [0.5, 0.6) is 0 Å². The van der Waals surface area contributed by atoms with Crippen LogP contribution in [-0.2, 0) is 14.3 Å². The number of carbonyl (C=O) groups is 2. The van der Waals surface area contributed by atoms with Crippen LogP contribution in [0.1, 0.15) is 53.4 Å². The smallest absolute Gasteiger partial charge is 0.311 e. The second-order valence-corrected chi connectivity index (χ2v) is 9.82. The monoisotopic (exact) mass is 357 g/mol. The summed E-state index contributed by atoms with van der Waals surface area (Å²) in [6, 6.07) is 0. The van der Waals surface area contributed by atoms with Crippen LogP contribution in [0.25, 0.3) is 0 Å². The third kappa shape index (κ3) is 2.87. The van der Waals surface area contributed by atoms with Crippen LogP contribution in [0.2, 0.25) is 0 Å². The molecule has 4 heteroatoms. The van der Waals surface area contributed by atoms with Crippen molar-refractivity contribution in [2.24, 2.45) is 22.7 Å². The van der Waals surface area contributed by atoms with Gasteiger partial charge in [0.2, 0.25) is 0 Å². The van der Waals surface area contributed by atoms with E-state index in [0.29, 0.717) is 5.41 Å². The molecule has 4 atom stereocenters. The number of ether oxygens (including phenoxy) is 1. The average Bonchev–Trinajstić information content (AvgIpc) is 2.86. The Morgan fingerprint density at radius 1 is 1.23 bits per heavy atom. The van der Waals surface area contributed by atoms with Crippen LogP contribution < -0.4 is 0 Å². The third-order valence-corrected chi connectivity index (χ3v) is 7.16. The minimum Gasteiger partial charge on any atom is -0.457 e. The van der Waals surface area contributed by atoms with Gasteiger partial charge in [-0.1, -0.05) is 26.8 Å². The molecule has 4 nitrogen and oxygen atoms in total. The van der Waals surface area contributed by atoms with Crippen LogP contribution in [0, 0.1) is 22.7 Å². The zero-order chi connectivity index (χ0) is 18.7. The highest BCUT2D eigenvalue weighted by Crippen LogP contribution is 2.53.